The predicted molar refractivity (Wildman–Crippen MR) is 77.9 cm³/mol. The lowest BCUT2D eigenvalue weighted by atomic mass is 10.1. The molecule has 0 saturated carbocycles. The highest BCUT2D eigenvalue weighted by Crippen LogP contribution is 1.99. The zero-order valence-electron chi connectivity index (χ0n) is 12.0. The van der Waals surface area contributed by atoms with Gasteiger partial charge in [0, 0.05) is 18.5 Å². The number of carbonyl (C=O) groups is 3. The van der Waals surface area contributed by atoms with Gasteiger partial charge in [-0.3, -0.25) is 9.59 Å². The molecule has 0 fully saturated rings. The molecular formula is C15H20N2O4. The first-order chi connectivity index (χ1) is 10.0. The zero-order valence-corrected chi connectivity index (χ0v) is 12.0. The molecule has 0 heterocycles. The Labute approximate surface area is 123 Å². The summed E-state index contributed by atoms with van der Waals surface area (Å²) in [5, 5.41) is 14.0. The summed E-state index contributed by atoms with van der Waals surface area (Å²) in [5.41, 5.74) is 0.521. The van der Waals surface area contributed by atoms with Crippen LogP contribution in [0.3, 0.4) is 0 Å². The molecule has 2 amide bonds. The topological polar surface area (TPSA) is 95.5 Å². The number of hydrogen-bond acceptors (Lipinski definition) is 3. The van der Waals surface area contributed by atoms with Crippen molar-refractivity contribution in [3.8, 4) is 0 Å². The van der Waals surface area contributed by atoms with E-state index in [1.54, 1.807) is 24.3 Å². The second-order valence-electron chi connectivity index (χ2n) is 4.62. The van der Waals surface area contributed by atoms with E-state index in [9.17, 15) is 14.4 Å². The van der Waals surface area contributed by atoms with E-state index in [0.717, 1.165) is 0 Å². The molecule has 3 N–H and O–H groups in total. The lowest BCUT2D eigenvalue weighted by molar-refractivity contribution is -0.142. The van der Waals surface area contributed by atoms with E-state index in [2.05, 4.69) is 10.6 Å². The Balaban J connectivity index is 2.33. The number of carboxylic acids is 1. The first-order valence-corrected chi connectivity index (χ1v) is 6.90. The lowest BCUT2D eigenvalue weighted by Crippen LogP contribution is -2.41. The summed E-state index contributed by atoms with van der Waals surface area (Å²) in [6, 6.07) is 7.80. The predicted octanol–water partition coefficient (Wildman–Crippen LogP) is 1.18. The molecule has 1 rings (SSSR count). The highest BCUT2D eigenvalue weighted by molar-refractivity contribution is 5.94. The molecule has 6 heteroatoms. The number of benzene rings is 1. The summed E-state index contributed by atoms with van der Waals surface area (Å²) >= 11 is 0. The number of amides is 2. The summed E-state index contributed by atoms with van der Waals surface area (Å²) in [7, 11) is 0. The van der Waals surface area contributed by atoms with Crippen LogP contribution >= 0.6 is 0 Å². The Bertz CT molecular complexity index is 488. The number of hydrogen-bond donors (Lipinski definition) is 3. The van der Waals surface area contributed by atoms with Crippen LogP contribution in [0.2, 0.25) is 0 Å². The number of nitrogens with one attached hydrogen (secondary N) is 2. The van der Waals surface area contributed by atoms with E-state index in [-0.39, 0.29) is 24.8 Å². The number of aliphatic carboxylic acids is 1. The average molecular weight is 292 g/mol. The minimum Gasteiger partial charge on any atom is -0.480 e. The maximum absolute atomic E-state index is 11.7. The van der Waals surface area contributed by atoms with Gasteiger partial charge in [-0.1, -0.05) is 31.5 Å². The zero-order chi connectivity index (χ0) is 15.7. The second kappa shape index (κ2) is 8.73. The molecule has 0 bridgehead atoms. The number of carbonyl (C=O) groups excluding carboxylic acids is 2. The van der Waals surface area contributed by atoms with Crippen molar-refractivity contribution < 1.29 is 19.5 Å². The molecule has 0 unspecified atom stereocenters. The summed E-state index contributed by atoms with van der Waals surface area (Å²) in [5.74, 6) is -1.69. The Morgan fingerprint density at radius 2 is 1.86 bits per heavy atom. The van der Waals surface area contributed by atoms with Crippen molar-refractivity contribution in [1.29, 1.82) is 0 Å². The number of rotatable bonds is 8. The molecule has 6 nitrogen and oxygen atoms in total. The van der Waals surface area contributed by atoms with Crippen LogP contribution in [-0.2, 0) is 9.59 Å². The minimum absolute atomic E-state index is 0.0477. The van der Waals surface area contributed by atoms with E-state index in [0.29, 0.717) is 18.4 Å². The molecule has 1 aromatic carbocycles. The molecule has 0 spiro atoms. The molecule has 0 aliphatic carbocycles. The van der Waals surface area contributed by atoms with Gasteiger partial charge >= 0.3 is 5.97 Å². The standard InChI is InChI=1S/C15H20N2O4/c1-2-6-12(15(20)21)17-13(18)9-10-16-14(19)11-7-4-3-5-8-11/h3-5,7-8,12H,2,6,9-10H2,1H3,(H,16,19)(H,17,18)(H,20,21)/t12-/m0/s1. The van der Waals surface area contributed by atoms with Crippen molar-refractivity contribution in [2.24, 2.45) is 0 Å². The van der Waals surface area contributed by atoms with Gasteiger partial charge in [0.1, 0.15) is 6.04 Å². The molecule has 0 aliphatic heterocycles. The van der Waals surface area contributed by atoms with Crippen LogP contribution in [0.4, 0.5) is 0 Å². The summed E-state index contributed by atoms with van der Waals surface area (Å²) < 4.78 is 0. The summed E-state index contributed by atoms with van der Waals surface area (Å²) in [6.07, 6.45) is 1.10. The third-order valence-corrected chi connectivity index (χ3v) is 2.88. The Hall–Kier alpha value is -2.37. The molecule has 1 aromatic rings. The van der Waals surface area contributed by atoms with Gasteiger partial charge in [-0.25, -0.2) is 4.79 Å². The van der Waals surface area contributed by atoms with Gasteiger partial charge < -0.3 is 15.7 Å². The van der Waals surface area contributed by atoms with E-state index >= 15 is 0 Å². The van der Waals surface area contributed by atoms with Crippen LogP contribution in [0.25, 0.3) is 0 Å². The van der Waals surface area contributed by atoms with Crippen LogP contribution in [0.5, 0.6) is 0 Å². The van der Waals surface area contributed by atoms with Crippen molar-refractivity contribution >= 4 is 17.8 Å². The molecule has 0 aliphatic rings. The van der Waals surface area contributed by atoms with Crippen LogP contribution in [-0.4, -0.2) is 35.5 Å². The van der Waals surface area contributed by atoms with Crippen molar-refractivity contribution in [2.45, 2.75) is 32.2 Å². The lowest BCUT2D eigenvalue weighted by Gasteiger charge is -2.13. The SMILES string of the molecule is CCC[C@H](NC(=O)CCNC(=O)c1ccccc1)C(=O)O. The average Bonchev–Trinajstić information content (AvgIpc) is 2.47. The van der Waals surface area contributed by atoms with Gasteiger partial charge in [-0.2, -0.15) is 0 Å². The fourth-order valence-electron chi connectivity index (χ4n) is 1.79. The first kappa shape index (κ1) is 16.7. The maximum Gasteiger partial charge on any atom is 0.326 e. The van der Waals surface area contributed by atoms with Gasteiger partial charge in [-0.15, -0.1) is 0 Å². The minimum atomic E-state index is -1.04. The van der Waals surface area contributed by atoms with Gasteiger partial charge in [0.2, 0.25) is 5.91 Å². The Morgan fingerprint density at radius 3 is 2.43 bits per heavy atom. The van der Waals surface area contributed by atoms with Gasteiger partial charge in [0.25, 0.3) is 5.91 Å². The van der Waals surface area contributed by atoms with Crippen LogP contribution in [0, 0.1) is 0 Å². The van der Waals surface area contributed by atoms with Crippen LogP contribution in [0.15, 0.2) is 30.3 Å². The fourth-order valence-corrected chi connectivity index (χ4v) is 1.79. The normalized spacial score (nSPS) is 11.5. The maximum atomic E-state index is 11.7. The van der Waals surface area contributed by atoms with Gasteiger partial charge in [0.15, 0.2) is 0 Å². The quantitative estimate of drug-likeness (QED) is 0.670. The Morgan fingerprint density at radius 1 is 1.19 bits per heavy atom. The highest BCUT2D eigenvalue weighted by Gasteiger charge is 2.18. The molecule has 21 heavy (non-hydrogen) atoms. The van der Waals surface area contributed by atoms with E-state index < -0.39 is 12.0 Å². The van der Waals surface area contributed by atoms with Gasteiger partial charge in [-0.05, 0) is 18.6 Å². The van der Waals surface area contributed by atoms with Gasteiger partial charge in [0.05, 0.1) is 0 Å². The van der Waals surface area contributed by atoms with Crippen molar-refractivity contribution in [3.05, 3.63) is 35.9 Å². The third kappa shape index (κ3) is 6.07. The molecule has 1 atom stereocenters. The Kier molecular flexibility index (Phi) is 6.94. The van der Waals surface area contributed by atoms with E-state index in [1.165, 1.54) is 0 Å². The van der Waals surface area contributed by atoms with Crippen molar-refractivity contribution in [3.63, 3.8) is 0 Å². The largest absolute Gasteiger partial charge is 0.480 e. The molecule has 114 valence electrons. The van der Waals surface area contributed by atoms with E-state index in [1.807, 2.05) is 13.0 Å². The third-order valence-electron chi connectivity index (χ3n) is 2.88. The fraction of sp³-hybridized carbons (Fsp3) is 0.400. The molecule has 0 saturated heterocycles. The second-order valence-corrected chi connectivity index (χ2v) is 4.62. The van der Waals surface area contributed by atoms with Crippen LogP contribution < -0.4 is 10.6 Å². The molecule has 0 aromatic heterocycles. The number of carboxylic acid groups (broad SMARTS) is 1. The van der Waals surface area contributed by atoms with Crippen molar-refractivity contribution in [1.82, 2.24) is 10.6 Å². The summed E-state index contributed by atoms with van der Waals surface area (Å²) in [6.45, 7) is 2.01. The monoisotopic (exact) mass is 292 g/mol. The molecular weight excluding hydrogens is 272 g/mol. The highest BCUT2D eigenvalue weighted by atomic mass is 16.4. The summed E-state index contributed by atoms with van der Waals surface area (Å²) in [4.78, 5) is 34.3. The van der Waals surface area contributed by atoms with Crippen LogP contribution in [0.1, 0.15) is 36.5 Å². The van der Waals surface area contributed by atoms with E-state index in [4.69, 9.17) is 5.11 Å². The van der Waals surface area contributed by atoms with Crippen molar-refractivity contribution in [2.75, 3.05) is 6.54 Å². The molecule has 0 radical (unpaired) electrons. The first-order valence-electron chi connectivity index (χ1n) is 6.90. The smallest absolute Gasteiger partial charge is 0.326 e.